The van der Waals surface area contributed by atoms with Gasteiger partial charge >= 0.3 is 11.9 Å². The summed E-state index contributed by atoms with van der Waals surface area (Å²) < 4.78 is 14.1. The molecule has 33 aromatic rings. The van der Waals surface area contributed by atoms with Crippen LogP contribution in [0.15, 0.2) is 24.3 Å². The van der Waals surface area contributed by atoms with Gasteiger partial charge in [0.25, 0.3) is 23.6 Å². The third-order valence-corrected chi connectivity index (χ3v) is 35.0. The fourth-order valence-electron chi connectivity index (χ4n) is 32.3. The lowest BCUT2D eigenvalue weighted by atomic mass is 9.68. The molecule has 0 unspecified atom stereocenters. The van der Waals surface area contributed by atoms with Crippen molar-refractivity contribution in [1.29, 1.82) is 0 Å². The van der Waals surface area contributed by atoms with E-state index in [0.29, 0.717) is 44.1 Å². The van der Waals surface area contributed by atoms with Crippen molar-refractivity contribution in [2.24, 2.45) is 5.41 Å². The fourth-order valence-corrected chi connectivity index (χ4v) is 33.5. The van der Waals surface area contributed by atoms with Gasteiger partial charge in [0.05, 0.1) is 46.2 Å². The molecule has 2 aliphatic heterocycles. The van der Waals surface area contributed by atoms with Crippen LogP contribution in [0.3, 0.4) is 0 Å². The standard InChI is InChI=1S/C96H24Cl4N2O8/c1-3-5-6-7-101-88(103)14-10-18(97)24-26-20(99)12-16-23-17(13-21(100)27(29(23)26)25-19(98)11-15(89(101)104)22(14)28(24)25)91(106)102(90(16)105)8-9-110-93(108)96(92(107)109-4-2)94-84-76-68-58-48-40-32-30-31-34-38-36(32)44-52-46(38)56-50-42(34)43-35(31)39-37-33(30)41(40)49-55-45(37)53-47(39)57-51(43)61-60(50)70-64(56)74-66(52)72(62(68)54(44)48)80(84)82(74)86-78(70)79-71(61)65(57)75-67(53)73-63(55)69(59(49)58)77(76)85(94)81(73)83(75)87(79)95(86,94)96/h10-13H,3-9H2,1-2H3. The highest BCUT2D eigenvalue weighted by Gasteiger charge is 3.01. The Morgan fingerprint density at radius 1 is 0.273 bits per heavy atom. The lowest BCUT2D eigenvalue weighted by Gasteiger charge is -2.32. The highest BCUT2D eigenvalue weighted by atomic mass is 35.5. The maximum atomic E-state index is 18.1. The molecule has 7 aliphatic rings. The SMILES string of the molecule is CCCCCN1C(=O)c2cc(Cl)c3c4c(Cl)cc5c6c(cc(Cl)c(c7c(Cl)cc(c2c37)C1=O)c64)C(=O)N(CCOC(=O)C1(C(=O)OCC)C23c4c6c7c8c9c%10c(c%11c%12c2c2c4c4c%13c6c6c7c7c9c9c%14c%10c%10c%11c%11c%12c%12c2c2c4c4c%13c%13c6c6c7c9c7c9c%14c%10c%10c%11c%11c%12c2c2c4c4c%13c6c7c6c9c%10c%11c2c46)C813)C5=O. The minimum absolute atomic E-state index is 0.00768. The van der Waals surface area contributed by atoms with Gasteiger partial charge in [0.15, 0.2) is 5.41 Å². The maximum absolute atomic E-state index is 18.1. The number of esters is 2. The first kappa shape index (κ1) is 50.0. The second kappa shape index (κ2) is 12.8. The number of fused-ring (bicyclic) bond motifs is 2. The first-order valence-electron chi connectivity index (χ1n) is 38.7. The van der Waals surface area contributed by atoms with Crippen LogP contribution < -0.4 is 0 Å². The lowest BCUT2D eigenvalue weighted by molar-refractivity contribution is -0.166. The Balaban J connectivity index is 0.622. The van der Waals surface area contributed by atoms with E-state index in [2.05, 4.69) is 6.92 Å². The van der Waals surface area contributed by atoms with Gasteiger partial charge in [-0.3, -0.25) is 38.6 Å². The van der Waals surface area contributed by atoms with Crippen LogP contribution in [0.2, 0.25) is 20.1 Å². The van der Waals surface area contributed by atoms with Crippen molar-refractivity contribution in [3.8, 4) is 0 Å². The van der Waals surface area contributed by atoms with Gasteiger partial charge in [-0.25, -0.2) is 0 Å². The molecular formula is C96H24Cl4N2O8. The Morgan fingerprint density at radius 2 is 0.473 bits per heavy atom. The third kappa shape index (κ3) is 3.29. The van der Waals surface area contributed by atoms with Crippen LogP contribution in [-0.2, 0) is 29.9 Å². The first-order chi connectivity index (χ1) is 53.9. The highest BCUT2D eigenvalue weighted by Crippen LogP contribution is 2.97. The number of rotatable bonds is 10. The summed E-state index contributed by atoms with van der Waals surface area (Å²) in [4.78, 5) is 98.8. The molecule has 2 spiro atoms. The monoisotopic (exact) mass is 1470 g/mol. The minimum Gasteiger partial charge on any atom is -0.465 e. The Bertz CT molecular complexity index is 9670. The number of amides is 4. The summed E-state index contributed by atoms with van der Waals surface area (Å²) in [6.45, 7) is 3.29. The summed E-state index contributed by atoms with van der Waals surface area (Å²) in [6, 6.07) is 6.25. The third-order valence-electron chi connectivity index (χ3n) is 33.8. The molecule has 0 atom stereocenters. The normalized spacial score (nSPS) is 21.1. The van der Waals surface area contributed by atoms with E-state index in [9.17, 15) is 9.59 Å². The Hall–Kier alpha value is -11.8. The van der Waals surface area contributed by atoms with Gasteiger partial charge in [-0.1, -0.05) is 66.2 Å². The molecule has 40 rings (SSSR count). The average molecular weight is 1480 g/mol. The molecule has 33 aromatic carbocycles. The maximum Gasteiger partial charge on any atom is 0.326 e. The number of unbranched alkanes of at least 4 members (excludes halogenated alkanes) is 2. The van der Waals surface area contributed by atoms with Crippen molar-refractivity contribution < 1.29 is 38.2 Å². The molecular weight excluding hydrogens is 1450 g/mol. The molecule has 14 heteroatoms. The molecule has 0 radical (unpaired) electrons. The molecule has 4 amide bonds. The number of carbonyl (C=O) groups excluding carboxylic acids is 6. The van der Waals surface area contributed by atoms with Crippen molar-refractivity contribution in [3.63, 3.8) is 0 Å². The summed E-state index contributed by atoms with van der Waals surface area (Å²) >= 11 is 30.0. The highest BCUT2D eigenvalue weighted by molar-refractivity contribution is 6.83. The summed E-state index contributed by atoms with van der Waals surface area (Å²) in [5.41, 5.74) is 0.282. The molecule has 494 valence electrons. The molecule has 10 nitrogen and oxygen atoms in total. The fraction of sp³-hybridized carbons (Fsp3) is 0.125. The van der Waals surface area contributed by atoms with E-state index < -0.39 is 58.4 Å². The second-order valence-electron chi connectivity index (χ2n) is 35.7. The number of nitrogens with zero attached hydrogens (tertiary/aromatic N) is 2. The molecule has 1 saturated carbocycles. The number of hydrogen-bond donors (Lipinski definition) is 0. The van der Waals surface area contributed by atoms with Gasteiger partial charge < -0.3 is 9.47 Å². The van der Waals surface area contributed by atoms with Crippen molar-refractivity contribution in [3.05, 3.63) is 88.9 Å². The van der Waals surface area contributed by atoms with Crippen molar-refractivity contribution in [2.45, 2.75) is 43.9 Å². The first-order valence-corrected chi connectivity index (χ1v) is 40.2. The van der Waals surface area contributed by atoms with E-state index in [4.69, 9.17) is 55.9 Å². The number of halogens is 4. The molecule has 0 N–H and O–H groups in total. The predicted molar refractivity (Wildman–Crippen MR) is 442 cm³/mol. The van der Waals surface area contributed by atoms with Gasteiger partial charge in [0, 0.05) is 69.7 Å². The molecule has 2 heterocycles. The zero-order valence-corrected chi connectivity index (χ0v) is 59.5. The molecule has 0 saturated heterocycles. The Kier molecular flexibility index (Phi) is 5.82. The van der Waals surface area contributed by atoms with Crippen LogP contribution in [0, 0.1) is 5.41 Å². The number of imide groups is 2. The molecule has 0 bridgehead atoms. The number of ether oxygens (including phenoxy) is 2. The topological polar surface area (TPSA) is 127 Å². The van der Waals surface area contributed by atoms with E-state index in [1.165, 1.54) is 296 Å². The second-order valence-corrected chi connectivity index (χ2v) is 37.3. The summed E-state index contributed by atoms with van der Waals surface area (Å²) in [6.07, 6.45) is 2.35. The largest absolute Gasteiger partial charge is 0.465 e. The number of benzene rings is 23. The molecule has 5 aliphatic carbocycles. The predicted octanol–water partition coefficient (Wildman–Crippen LogP) is 24.1. The van der Waals surface area contributed by atoms with Crippen LogP contribution in [0.1, 0.15) is 96.8 Å². The van der Waals surface area contributed by atoms with E-state index in [-0.39, 0.29) is 67.4 Å². The van der Waals surface area contributed by atoms with Crippen LogP contribution in [-0.4, -0.2) is 71.7 Å². The Morgan fingerprint density at radius 3 is 0.691 bits per heavy atom. The average Bonchev–Trinajstić information content (AvgIpc) is 1.35. The quantitative estimate of drug-likeness (QED) is 0.0331. The van der Waals surface area contributed by atoms with Crippen molar-refractivity contribution in [2.75, 3.05) is 26.3 Å². The zero-order valence-electron chi connectivity index (χ0n) is 56.4. The smallest absolute Gasteiger partial charge is 0.326 e. The van der Waals surface area contributed by atoms with Crippen LogP contribution in [0.4, 0.5) is 0 Å². The number of hydrogen-bond acceptors (Lipinski definition) is 8. The van der Waals surface area contributed by atoms with Gasteiger partial charge in [-0.05, 0) is 351 Å². The van der Waals surface area contributed by atoms with Crippen molar-refractivity contribution >= 4 is 416 Å². The lowest BCUT2D eigenvalue weighted by Crippen LogP contribution is -2.44. The molecule has 0 aromatic heterocycles. The van der Waals surface area contributed by atoms with E-state index >= 15 is 19.2 Å². The van der Waals surface area contributed by atoms with Crippen LogP contribution >= 0.6 is 46.4 Å². The van der Waals surface area contributed by atoms with Gasteiger partial charge in [0.2, 0.25) is 0 Å². The molecule has 1 fully saturated rings. The molecule has 110 heavy (non-hydrogen) atoms. The number of carbonyl (C=O) groups is 6. The summed E-state index contributed by atoms with van der Waals surface area (Å²) in [5.74, 6) is -3.62. The zero-order chi connectivity index (χ0) is 70.0. The van der Waals surface area contributed by atoms with E-state index in [1.54, 1.807) is 24.3 Å². The summed E-state index contributed by atoms with van der Waals surface area (Å²) in [7, 11) is 0. The van der Waals surface area contributed by atoms with E-state index in [1.807, 2.05) is 6.92 Å². The van der Waals surface area contributed by atoms with Gasteiger partial charge in [-0.15, -0.1) is 0 Å². The Labute approximate surface area is 623 Å². The minimum atomic E-state index is -2.06. The van der Waals surface area contributed by atoms with Gasteiger partial charge in [-0.2, -0.15) is 0 Å². The van der Waals surface area contributed by atoms with Crippen LogP contribution in [0.5, 0.6) is 0 Å². The summed E-state index contributed by atoms with van der Waals surface area (Å²) in [5, 5.41) is 77.6. The van der Waals surface area contributed by atoms with E-state index in [0.717, 1.165) is 40.0 Å². The van der Waals surface area contributed by atoms with Gasteiger partial charge in [0.1, 0.15) is 6.61 Å². The van der Waals surface area contributed by atoms with Crippen molar-refractivity contribution in [1.82, 2.24) is 9.80 Å². The van der Waals surface area contributed by atoms with Crippen LogP contribution in [0.25, 0.3) is 334 Å².